The average molecular weight is 346 g/mol. The first-order chi connectivity index (χ1) is 11.2. The van der Waals surface area contributed by atoms with Gasteiger partial charge >= 0.3 is 5.97 Å². The lowest BCUT2D eigenvalue weighted by molar-refractivity contribution is -0.146. The van der Waals surface area contributed by atoms with Crippen molar-refractivity contribution >= 4 is 11.9 Å². The molecule has 5 atom stereocenters. The fourth-order valence-electron chi connectivity index (χ4n) is 2.43. The van der Waals surface area contributed by atoms with Gasteiger partial charge in [-0.25, -0.2) is 4.79 Å². The van der Waals surface area contributed by atoms with Gasteiger partial charge in [0.1, 0.15) is 18.3 Å². The third-order valence-corrected chi connectivity index (χ3v) is 3.60. The molecule has 0 aromatic heterocycles. The van der Waals surface area contributed by atoms with Crippen molar-refractivity contribution in [3.8, 4) is 0 Å². The molecule has 1 heterocycles. The molecular formula is C15H26N2O7. The minimum Gasteiger partial charge on any atom is -0.478 e. The predicted octanol–water partition coefficient (Wildman–Crippen LogP) is -1.81. The number of aliphatic hydroxyl groups excluding tert-OH is 3. The van der Waals surface area contributed by atoms with Gasteiger partial charge in [-0.2, -0.15) is 0 Å². The van der Waals surface area contributed by atoms with E-state index in [-0.39, 0.29) is 5.92 Å². The van der Waals surface area contributed by atoms with Crippen LogP contribution in [0.5, 0.6) is 0 Å². The molecule has 0 unspecified atom stereocenters. The quantitative estimate of drug-likeness (QED) is 0.301. The number of nitrogens with one attached hydrogen (secondary N) is 2. The van der Waals surface area contributed by atoms with Gasteiger partial charge in [0, 0.05) is 6.92 Å². The summed E-state index contributed by atoms with van der Waals surface area (Å²) >= 11 is 0. The van der Waals surface area contributed by atoms with E-state index in [0.29, 0.717) is 6.54 Å². The number of carboxylic acid groups (broad SMARTS) is 1. The molecule has 138 valence electrons. The largest absolute Gasteiger partial charge is 0.478 e. The van der Waals surface area contributed by atoms with Crippen molar-refractivity contribution in [1.29, 1.82) is 0 Å². The van der Waals surface area contributed by atoms with Crippen molar-refractivity contribution in [2.75, 3.05) is 13.2 Å². The number of carbonyl (C=O) groups is 2. The summed E-state index contributed by atoms with van der Waals surface area (Å²) in [6, 6.07) is -1.44. The van der Waals surface area contributed by atoms with E-state index in [9.17, 15) is 24.9 Å². The standard InChI is InChI=1S/C15H26N2O7/c1-7(2)5-16-9-4-11(15(22)23)24-14(12(9)17-8(3)19)13(21)10(20)6-18/h4,7,9-10,12-14,16,18,20-21H,5-6H2,1-3H3,(H,17,19)(H,22,23)/t9-,10+,12+,13+,14+/m0/s1. The maximum atomic E-state index is 11.5. The van der Waals surface area contributed by atoms with E-state index in [0.717, 1.165) is 0 Å². The molecular weight excluding hydrogens is 320 g/mol. The lowest BCUT2D eigenvalue weighted by Gasteiger charge is -2.40. The maximum Gasteiger partial charge on any atom is 0.370 e. The van der Waals surface area contributed by atoms with Crippen molar-refractivity contribution in [3.05, 3.63) is 11.8 Å². The van der Waals surface area contributed by atoms with Crippen molar-refractivity contribution < 1.29 is 34.8 Å². The van der Waals surface area contributed by atoms with Crippen LogP contribution in [0.2, 0.25) is 0 Å². The van der Waals surface area contributed by atoms with Gasteiger partial charge in [-0.1, -0.05) is 13.8 Å². The van der Waals surface area contributed by atoms with Crippen LogP contribution in [-0.2, 0) is 14.3 Å². The SMILES string of the molecule is CC(=O)N[C@H]1[C@H]([C@H](O)[C@H](O)CO)OC(C(=O)O)=C[C@@H]1NCC(C)C. The van der Waals surface area contributed by atoms with E-state index >= 15 is 0 Å². The molecule has 0 saturated heterocycles. The molecule has 0 fully saturated rings. The molecule has 0 aliphatic carbocycles. The van der Waals surface area contributed by atoms with Crippen LogP contribution < -0.4 is 10.6 Å². The van der Waals surface area contributed by atoms with Gasteiger partial charge in [-0.05, 0) is 18.5 Å². The van der Waals surface area contributed by atoms with Crippen LogP contribution >= 0.6 is 0 Å². The summed E-state index contributed by atoms with van der Waals surface area (Å²) in [5.74, 6) is -1.86. The molecule has 0 aromatic rings. The number of aliphatic carboxylic acids is 1. The van der Waals surface area contributed by atoms with E-state index in [1.165, 1.54) is 13.0 Å². The highest BCUT2D eigenvalue weighted by molar-refractivity contribution is 5.84. The summed E-state index contributed by atoms with van der Waals surface area (Å²) < 4.78 is 5.27. The van der Waals surface area contributed by atoms with E-state index in [1.54, 1.807) is 0 Å². The Bertz CT molecular complexity index is 480. The lowest BCUT2D eigenvalue weighted by Crippen LogP contribution is -2.63. The minimum atomic E-state index is -1.58. The highest BCUT2D eigenvalue weighted by Gasteiger charge is 2.43. The fraction of sp³-hybridized carbons (Fsp3) is 0.733. The summed E-state index contributed by atoms with van der Waals surface area (Å²) in [6.45, 7) is 5.01. The molecule has 1 aliphatic heterocycles. The molecule has 0 spiro atoms. The minimum absolute atomic E-state index is 0.263. The number of amides is 1. The Kier molecular flexibility index (Phi) is 7.61. The number of aliphatic hydroxyl groups is 3. The van der Waals surface area contributed by atoms with Gasteiger partial charge in [0.05, 0.1) is 18.7 Å². The van der Waals surface area contributed by atoms with Gasteiger partial charge < -0.3 is 35.8 Å². The van der Waals surface area contributed by atoms with Crippen molar-refractivity contribution in [2.45, 2.75) is 51.2 Å². The van der Waals surface area contributed by atoms with Crippen molar-refractivity contribution in [2.24, 2.45) is 5.92 Å². The number of rotatable bonds is 8. The predicted molar refractivity (Wildman–Crippen MR) is 83.9 cm³/mol. The molecule has 0 radical (unpaired) electrons. The summed E-state index contributed by atoms with van der Waals surface area (Å²) in [5, 5.41) is 43.8. The molecule has 9 heteroatoms. The van der Waals surface area contributed by atoms with E-state index in [2.05, 4.69) is 10.6 Å². The Morgan fingerprint density at radius 1 is 1.33 bits per heavy atom. The van der Waals surface area contributed by atoms with Crippen molar-refractivity contribution in [3.63, 3.8) is 0 Å². The van der Waals surface area contributed by atoms with Crippen LogP contribution in [0.15, 0.2) is 11.8 Å². The monoisotopic (exact) mass is 346 g/mol. The molecule has 24 heavy (non-hydrogen) atoms. The Morgan fingerprint density at radius 2 is 1.96 bits per heavy atom. The van der Waals surface area contributed by atoms with Gasteiger partial charge in [0.2, 0.25) is 11.7 Å². The Balaban J connectivity index is 3.15. The van der Waals surface area contributed by atoms with Crippen LogP contribution in [0.1, 0.15) is 20.8 Å². The molecule has 9 nitrogen and oxygen atoms in total. The molecule has 0 bridgehead atoms. The first kappa shape index (κ1) is 20.4. The second kappa shape index (κ2) is 8.97. The summed E-state index contributed by atoms with van der Waals surface area (Å²) in [6.07, 6.45) is -3.04. The Labute approximate surface area is 140 Å². The second-order valence-electron chi connectivity index (χ2n) is 6.21. The zero-order valence-corrected chi connectivity index (χ0v) is 14.0. The van der Waals surface area contributed by atoms with E-state index < -0.39 is 54.6 Å². The van der Waals surface area contributed by atoms with Gasteiger partial charge in [0.25, 0.3) is 0 Å². The molecule has 6 N–H and O–H groups in total. The summed E-state index contributed by atoms with van der Waals surface area (Å²) in [5.41, 5.74) is 0. The molecule has 0 saturated carbocycles. The van der Waals surface area contributed by atoms with Crippen LogP contribution in [0.3, 0.4) is 0 Å². The molecule has 1 rings (SSSR count). The average Bonchev–Trinajstić information content (AvgIpc) is 2.51. The van der Waals surface area contributed by atoms with Crippen LogP contribution in [0.4, 0.5) is 0 Å². The highest BCUT2D eigenvalue weighted by Crippen LogP contribution is 2.23. The third kappa shape index (κ3) is 5.45. The summed E-state index contributed by atoms with van der Waals surface area (Å²) in [7, 11) is 0. The lowest BCUT2D eigenvalue weighted by atomic mass is 9.91. The topological polar surface area (TPSA) is 148 Å². The second-order valence-corrected chi connectivity index (χ2v) is 6.21. The molecule has 1 aliphatic rings. The number of carboxylic acids is 1. The van der Waals surface area contributed by atoms with E-state index in [1.807, 2.05) is 13.8 Å². The van der Waals surface area contributed by atoms with Crippen LogP contribution in [-0.4, -0.2) is 75.8 Å². The maximum absolute atomic E-state index is 11.5. The van der Waals surface area contributed by atoms with Gasteiger partial charge in [-0.15, -0.1) is 0 Å². The zero-order valence-electron chi connectivity index (χ0n) is 14.0. The number of hydrogen-bond acceptors (Lipinski definition) is 7. The van der Waals surface area contributed by atoms with E-state index in [4.69, 9.17) is 9.84 Å². The fourth-order valence-corrected chi connectivity index (χ4v) is 2.43. The molecule has 0 aromatic carbocycles. The Morgan fingerprint density at radius 3 is 2.42 bits per heavy atom. The number of carbonyl (C=O) groups excluding carboxylic acids is 1. The van der Waals surface area contributed by atoms with Crippen molar-refractivity contribution in [1.82, 2.24) is 10.6 Å². The number of hydrogen-bond donors (Lipinski definition) is 6. The first-order valence-electron chi connectivity index (χ1n) is 7.76. The Hall–Kier alpha value is -1.68. The smallest absolute Gasteiger partial charge is 0.370 e. The van der Waals surface area contributed by atoms with Gasteiger partial charge in [-0.3, -0.25) is 4.79 Å². The highest BCUT2D eigenvalue weighted by atomic mass is 16.5. The normalized spacial score (nSPS) is 26.3. The van der Waals surface area contributed by atoms with Gasteiger partial charge in [0.15, 0.2) is 0 Å². The third-order valence-electron chi connectivity index (χ3n) is 3.60. The molecule has 1 amide bonds. The van der Waals surface area contributed by atoms with Crippen LogP contribution in [0.25, 0.3) is 0 Å². The summed E-state index contributed by atoms with van der Waals surface area (Å²) in [4.78, 5) is 22.8. The first-order valence-corrected chi connectivity index (χ1v) is 7.76. The zero-order chi connectivity index (χ0) is 18.4. The van der Waals surface area contributed by atoms with Crippen LogP contribution in [0, 0.1) is 5.92 Å². The number of ether oxygens (including phenoxy) is 1.